The second-order valence-corrected chi connectivity index (χ2v) is 7.86. The van der Waals surface area contributed by atoms with Gasteiger partial charge < -0.3 is 0 Å². The maximum atomic E-state index is 4.78. The number of fused-ring (bicyclic) bond motifs is 8. The van der Waals surface area contributed by atoms with Crippen LogP contribution in [0, 0.1) is 0 Å². The summed E-state index contributed by atoms with van der Waals surface area (Å²) in [5.74, 6) is 1.06. The van der Waals surface area contributed by atoms with Crippen LogP contribution in [-0.2, 0) is 19.3 Å². The lowest BCUT2D eigenvalue weighted by Gasteiger charge is -2.38. The minimum atomic E-state index is 0.856. The normalized spacial score (nSPS) is 14.6. The summed E-state index contributed by atoms with van der Waals surface area (Å²) in [4.78, 5) is 11.9. The minimum Gasteiger partial charge on any atom is -0.292 e. The first-order valence-corrected chi connectivity index (χ1v) is 9.82. The molecule has 4 aromatic rings. The molecule has 2 aromatic carbocycles. The molecule has 0 unspecified atom stereocenters. The fourth-order valence-electron chi connectivity index (χ4n) is 5.24. The van der Waals surface area contributed by atoms with Gasteiger partial charge in [-0.3, -0.25) is 9.88 Å². The molecule has 0 bridgehead atoms. The Morgan fingerprint density at radius 2 is 1.54 bits per heavy atom. The molecule has 132 valence electrons. The van der Waals surface area contributed by atoms with Crippen molar-refractivity contribution in [1.29, 1.82) is 0 Å². The van der Waals surface area contributed by atoms with E-state index in [1.54, 1.807) is 0 Å². The van der Waals surface area contributed by atoms with Crippen LogP contribution in [0.4, 0.5) is 17.2 Å². The first-order valence-electron chi connectivity index (χ1n) is 9.82. The highest BCUT2D eigenvalue weighted by molar-refractivity contribution is 5.90. The van der Waals surface area contributed by atoms with E-state index in [9.17, 15) is 0 Å². The molecule has 0 amide bonds. The van der Waals surface area contributed by atoms with Crippen molar-refractivity contribution in [1.82, 2.24) is 9.97 Å². The molecule has 0 atom stereocenters. The van der Waals surface area contributed by atoms with Gasteiger partial charge in [0.1, 0.15) is 5.82 Å². The van der Waals surface area contributed by atoms with E-state index in [-0.39, 0.29) is 0 Å². The number of pyridine rings is 2. The van der Waals surface area contributed by atoms with Crippen LogP contribution in [0.2, 0.25) is 0 Å². The molecule has 0 saturated carbocycles. The van der Waals surface area contributed by atoms with Gasteiger partial charge in [0.05, 0.1) is 17.1 Å². The maximum Gasteiger partial charge on any atom is 0.141 e. The average molecular weight is 359 g/mol. The van der Waals surface area contributed by atoms with Crippen LogP contribution in [0.25, 0.3) is 11.1 Å². The van der Waals surface area contributed by atoms with E-state index in [0.717, 1.165) is 30.8 Å². The highest BCUT2D eigenvalue weighted by Crippen LogP contribution is 2.52. The molecule has 3 heteroatoms. The summed E-state index contributed by atoms with van der Waals surface area (Å²) in [5.41, 5.74) is 13.4. The quantitative estimate of drug-likeness (QED) is 0.367. The van der Waals surface area contributed by atoms with Crippen molar-refractivity contribution in [2.45, 2.75) is 19.3 Å². The van der Waals surface area contributed by atoms with Crippen LogP contribution in [0.1, 0.15) is 33.5 Å². The third kappa shape index (κ3) is 1.74. The summed E-state index contributed by atoms with van der Waals surface area (Å²) >= 11 is 0. The van der Waals surface area contributed by atoms with Gasteiger partial charge in [-0.1, -0.05) is 36.4 Å². The van der Waals surface area contributed by atoms with E-state index in [1.165, 1.54) is 50.3 Å². The molecule has 0 N–H and O–H groups in total. The van der Waals surface area contributed by atoms with E-state index in [1.807, 2.05) is 18.5 Å². The van der Waals surface area contributed by atoms with Crippen LogP contribution in [0.15, 0.2) is 67.0 Å². The summed E-state index contributed by atoms with van der Waals surface area (Å²) in [6.07, 6.45) is 6.71. The van der Waals surface area contributed by atoms with E-state index >= 15 is 0 Å². The lowest BCUT2D eigenvalue weighted by atomic mass is 9.87. The third-order valence-corrected chi connectivity index (χ3v) is 6.43. The van der Waals surface area contributed by atoms with Gasteiger partial charge in [0.2, 0.25) is 0 Å². The van der Waals surface area contributed by atoms with Crippen molar-refractivity contribution < 1.29 is 0 Å². The standard InChI is InChI=1S/C25H17N3/c1-2-6-18-15(4-1)12-20-19(18)7-8-23-21(20)13-16-9-11-26-22-14-17-5-3-10-27-25(17)28(23)24(16)22/h1-11H,12-14H2. The maximum absolute atomic E-state index is 4.78. The van der Waals surface area contributed by atoms with Crippen molar-refractivity contribution >= 4 is 17.2 Å². The molecule has 3 nitrogen and oxygen atoms in total. The first kappa shape index (κ1) is 14.6. The number of rotatable bonds is 0. The van der Waals surface area contributed by atoms with Crippen LogP contribution < -0.4 is 4.90 Å². The Labute approximate surface area is 163 Å². The van der Waals surface area contributed by atoms with Crippen molar-refractivity contribution in [3.05, 3.63) is 101 Å². The highest BCUT2D eigenvalue weighted by Gasteiger charge is 2.35. The zero-order valence-corrected chi connectivity index (χ0v) is 15.3. The van der Waals surface area contributed by atoms with Gasteiger partial charge in [0, 0.05) is 30.8 Å². The lowest BCUT2D eigenvalue weighted by Crippen LogP contribution is -2.26. The highest BCUT2D eigenvalue weighted by atomic mass is 15.2. The molecule has 7 rings (SSSR count). The van der Waals surface area contributed by atoms with Crippen LogP contribution in [0.5, 0.6) is 0 Å². The van der Waals surface area contributed by atoms with E-state index in [2.05, 4.69) is 53.4 Å². The average Bonchev–Trinajstić information content (AvgIpc) is 3.13. The Kier molecular flexibility index (Phi) is 2.64. The Balaban J connectivity index is 1.52. The summed E-state index contributed by atoms with van der Waals surface area (Å²) in [6, 6.07) is 19.8. The zero-order valence-electron chi connectivity index (χ0n) is 15.3. The molecule has 2 aromatic heterocycles. The molecule has 2 aliphatic heterocycles. The molecule has 0 fully saturated rings. The smallest absolute Gasteiger partial charge is 0.141 e. The van der Waals surface area contributed by atoms with Crippen LogP contribution in [0.3, 0.4) is 0 Å². The van der Waals surface area contributed by atoms with E-state index in [0.29, 0.717) is 0 Å². The SMILES string of the molecule is c1ccc2c(c1)Cc1c-2ccc2c1Cc1ccnc3c1N2c1ncccc1C3. The van der Waals surface area contributed by atoms with Gasteiger partial charge >= 0.3 is 0 Å². The number of anilines is 3. The fourth-order valence-corrected chi connectivity index (χ4v) is 5.24. The molecule has 1 aliphatic carbocycles. The Hall–Kier alpha value is -3.46. The molecule has 0 saturated heterocycles. The topological polar surface area (TPSA) is 29.0 Å². The molecule has 28 heavy (non-hydrogen) atoms. The van der Waals surface area contributed by atoms with Crippen LogP contribution in [-0.4, -0.2) is 9.97 Å². The minimum absolute atomic E-state index is 0.856. The summed E-state index contributed by atoms with van der Waals surface area (Å²) < 4.78 is 0. The first-order chi connectivity index (χ1) is 13.9. The van der Waals surface area contributed by atoms with E-state index < -0.39 is 0 Å². The Morgan fingerprint density at radius 1 is 0.643 bits per heavy atom. The fraction of sp³-hybridized carbons (Fsp3) is 0.120. The largest absolute Gasteiger partial charge is 0.292 e. The van der Waals surface area contributed by atoms with Gasteiger partial charge in [-0.25, -0.2) is 4.98 Å². The van der Waals surface area contributed by atoms with Crippen molar-refractivity contribution in [2.24, 2.45) is 0 Å². The summed E-state index contributed by atoms with van der Waals surface area (Å²) in [5, 5.41) is 0. The molecular weight excluding hydrogens is 342 g/mol. The third-order valence-electron chi connectivity index (χ3n) is 6.43. The number of nitrogens with zero attached hydrogens (tertiary/aromatic N) is 3. The predicted molar refractivity (Wildman–Crippen MR) is 111 cm³/mol. The summed E-state index contributed by atoms with van der Waals surface area (Å²) in [6.45, 7) is 0. The van der Waals surface area contributed by atoms with Crippen molar-refractivity contribution in [2.75, 3.05) is 4.90 Å². The monoisotopic (exact) mass is 359 g/mol. The van der Waals surface area contributed by atoms with Crippen molar-refractivity contribution in [3.63, 3.8) is 0 Å². The van der Waals surface area contributed by atoms with Gasteiger partial charge in [0.15, 0.2) is 0 Å². The number of aromatic nitrogens is 2. The van der Waals surface area contributed by atoms with Gasteiger partial charge in [-0.2, -0.15) is 0 Å². The Morgan fingerprint density at radius 3 is 2.54 bits per heavy atom. The second-order valence-electron chi connectivity index (χ2n) is 7.86. The van der Waals surface area contributed by atoms with Crippen molar-refractivity contribution in [3.8, 4) is 11.1 Å². The van der Waals surface area contributed by atoms with Crippen LogP contribution >= 0.6 is 0 Å². The molecule has 4 heterocycles. The number of benzene rings is 2. The van der Waals surface area contributed by atoms with Gasteiger partial charge in [-0.15, -0.1) is 0 Å². The molecule has 3 aliphatic rings. The zero-order chi connectivity index (χ0) is 18.2. The second kappa shape index (κ2) is 5.08. The summed E-state index contributed by atoms with van der Waals surface area (Å²) in [7, 11) is 0. The molecular formula is C25H17N3. The number of hydrogen-bond donors (Lipinski definition) is 0. The lowest BCUT2D eigenvalue weighted by molar-refractivity contribution is 0.932. The predicted octanol–water partition coefficient (Wildman–Crippen LogP) is 5.33. The van der Waals surface area contributed by atoms with Gasteiger partial charge in [-0.05, 0) is 58.0 Å². The Bertz CT molecular complexity index is 1310. The molecule has 0 spiro atoms. The van der Waals surface area contributed by atoms with Gasteiger partial charge in [0.25, 0.3) is 0 Å². The van der Waals surface area contributed by atoms with E-state index in [4.69, 9.17) is 9.97 Å². The number of hydrogen-bond acceptors (Lipinski definition) is 3. The molecule has 0 radical (unpaired) electrons.